The molecule has 24 heavy (non-hydrogen) atoms. The number of aliphatic hydroxyl groups is 4. The Bertz CT molecular complexity index is 742. The van der Waals surface area contributed by atoms with Crippen molar-refractivity contribution in [3.8, 4) is 5.75 Å². The Morgan fingerprint density at radius 2 is 1.96 bits per heavy atom. The normalized spacial score (nSPS) is 30.4. The highest BCUT2D eigenvalue weighted by Gasteiger charge is 2.44. The summed E-state index contributed by atoms with van der Waals surface area (Å²) >= 11 is 0. The zero-order valence-electron chi connectivity index (χ0n) is 12.4. The largest absolute Gasteiger partial charge is 0.478 e. The summed E-state index contributed by atoms with van der Waals surface area (Å²) in [6.45, 7) is -0.553. The highest BCUT2D eigenvalue weighted by atomic mass is 16.7. The number of rotatable bonds is 4. The minimum atomic E-state index is -1.53. The second-order valence-electron chi connectivity index (χ2n) is 5.53. The van der Waals surface area contributed by atoms with Crippen LogP contribution in [0.1, 0.15) is 10.4 Å². The average Bonchev–Trinajstić information content (AvgIpc) is 2.98. The Morgan fingerprint density at radius 1 is 1.21 bits per heavy atom. The third kappa shape index (κ3) is 2.83. The number of benzene rings is 1. The van der Waals surface area contributed by atoms with Crippen LogP contribution in [-0.4, -0.2) is 73.8 Å². The van der Waals surface area contributed by atoms with Crippen LogP contribution in [-0.2, 0) is 4.74 Å². The number of aromatic amines is 1. The van der Waals surface area contributed by atoms with E-state index in [9.17, 15) is 20.1 Å². The maximum Gasteiger partial charge on any atom is 0.337 e. The molecule has 0 bridgehead atoms. The number of aromatic carboxylic acids is 1. The average molecular weight is 339 g/mol. The van der Waals surface area contributed by atoms with Crippen LogP contribution >= 0.6 is 0 Å². The summed E-state index contributed by atoms with van der Waals surface area (Å²) in [6.07, 6.45) is -5.53. The van der Waals surface area contributed by atoms with Crippen molar-refractivity contribution >= 4 is 16.9 Å². The molecule has 3 rings (SSSR count). The van der Waals surface area contributed by atoms with E-state index in [0.717, 1.165) is 0 Å². The molecule has 1 unspecified atom stereocenters. The SMILES string of the molecule is O=C(O)c1c[nH]c2cc(OC3O[C@H](CO)[C@@H](O)[C@H](O)[C@H]3O)ccc12. The number of carboxylic acid groups (broad SMARTS) is 1. The predicted molar refractivity (Wildman–Crippen MR) is 79.7 cm³/mol. The predicted octanol–water partition coefficient (Wildman–Crippen LogP) is -0.955. The van der Waals surface area contributed by atoms with Crippen molar-refractivity contribution < 1.29 is 39.8 Å². The molecule has 1 aliphatic rings. The molecular formula is C15H17NO8. The quantitative estimate of drug-likeness (QED) is 0.417. The summed E-state index contributed by atoms with van der Waals surface area (Å²) in [5.74, 6) is -0.811. The molecule has 1 aromatic heterocycles. The first-order chi connectivity index (χ1) is 11.4. The van der Waals surface area contributed by atoms with E-state index in [1.165, 1.54) is 24.4 Å². The van der Waals surface area contributed by atoms with Gasteiger partial charge in [0.1, 0.15) is 30.2 Å². The Labute approximate surface area is 135 Å². The molecule has 9 heteroatoms. The second-order valence-corrected chi connectivity index (χ2v) is 5.53. The summed E-state index contributed by atoms with van der Waals surface area (Å²) in [5, 5.41) is 48.1. The fourth-order valence-electron chi connectivity index (χ4n) is 2.65. The van der Waals surface area contributed by atoms with Gasteiger partial charge in [0, 0.05) is 23.2 Å². The standard InChI is InChI=1S/C15H17NO8/c17-5-10-11(18)12(19)13(20)15(24-10)23-6-1-2-7-8(14(21)22)4-16-9(7)3-6/h1-4,10-13,15-20H,5H2,(H,21,22)/t10-,11-,12+,13-,15?/m1/s1. The van der Waals surface area contributed by atoms with E-state index < -0.39 is 43.3 Å². The molecule has 1 saturated heterocycles. The third-order valence-electron chi connectivity index (χ3n) is 3.98. The third-order valence-corrected chi connectivity index (χ3v) is 3.98. The number of carbonyl (C=O) groups is 1. The van der Waals surface area contributed by atoms with E-state index in [2.05, 4.69) is 4.98 Å². The molecule has 1 aromatic carbocycles. The van der Waals surface area contributed by atoms with E-state index >= 15 is 0 Å². The minimum absolute atomic E-state index is 0.115. The zero-order valence-corrected chi connectivity index (χ0v) is 12.4. The van der Waals surface area contributed by atoms with Crippen molar-refractivity contribution in [3.63, 3.8) is 0 Å². The first kappa shape index (κ1) is 16.7. The van der Waals surface area contributed by atoms with Gasteiger partial charge in [-0.2, -0.15) is 0 Å². The van der Waals surface area contributed by atoms with Crippen molar-refractivity contribution in [1.82, 2.24) is 4.98 Å². The van der Waals surface area contributed by atoms with Gasteiger partial charge in [-0.3, -0.25) is 0 Å². The second kappa shape index (κ2) is 6.38. The number of fused-ring (bicyclic) bond motifs is 1. The fraction of sp³-hybridized carbons (Fsp3) is 0.400. The Kier molecular flexibility index (Phi) is 4.43. The van der Waals surface area contributed by atoms with Crippen LogP contribution in [0.4, 0.5) is 0 Å². The first-order valence-electron chi connectivity index (χ1n) is 7.24. The molecular weight excluding hydrogens is 322 g/mol. The van der Waals surface area contributed by atoms with E-state index in [1.807, 2.05) is 0 Å². The van der Waals surface area contributed by atoms with Crippen LogP contribution in [0.3, 0.4) is 0 Å². The molecule has 0 amide bonds. The minimum Gasteiger partial charge on any atom is -0.478 e. The van der Waals surface area contributed by atoms with Gasteiger partial charge in [-0.25, -0.2) is 4.79 Å². The number of ether oxygens (including phenoxy) is 2. The van der Waals surface area contributed by atoms with Crippen molar-refractivity contribution in [3.05, 3.63) is 30.0 Å². The van der Waals surface area contributed by atoms with Gasteiger partial charge in [0.05, 0.1) is 12.2 Å². The van der Waals surface area contributed by atoms with Gasteiger partial charge in [-0.05, 0) is 12.1 Å². The maximum absolute atomic E-state index is 11.1. The lowest BCUT2D eigenvalue weighted by Gasteiger charge is -2.39. The van der Waals surface area contributed by atoms with Crippen LogP contribution in [0.2, 0.25) is 0 Å². The number of aliphatic hydroxyl groups excluding tert-OH is 4. The lowest BCUT2D eigenvalue weighted by atomic mass is 9.99. The van der Waals surface area contributed by atoms with Crippen LogP contribution in [0.5, 0.6) is 5.75 Å². The van der Waals surface area contributed by atoms with Gasteiger partial charge < -0.3 is 40.0 Å². The van der Waals surface area contributed by atoms with Crippen LogP contribution < -0.4 is 4.74 Å². The summed E-state index contributed by atoms with van der Waals surface area (Å²) in [5.41, 5.74) is 0.624. The van der Waals surface area contributed by atoms with Crippen molar-refractivity contribution in [2.24, 2.45) is 0 Å². The molecule has 1 aliphatic heterocycles. The Hall–Kier alpha value is -2.17. The van der Waals surface area contributed by atoms with E-state index in [-0.39, 0.29) is 11.3 Å². The number of nitrogens with one attached hydrogen (secondary N) is 1. The molecule has 2 heterocycles. The lowest BCUT2D eigenvalue weighted by Crippen LogP contribution is -2.60. The first-order valence-corrected chi connectivity index (χ1v) is 7.24. The molecule has 2 aromatic rings. The molecule has 130 valence electrons. The van der Waals surface area contributed by atoms with E-state index in [1.54, 1.807) is 0 Å². The van der Waals surface area contributed by atoms with Gasteiger partial charge in [0.15, 0.2) is 0 Å². The monoisotopic (exact) mass is 339 g/mol. The smallest absolute Gasteiger partial charge is 0.337 e. The van der Waals surface area contributed by atoms with Gasteiger partial charge in [0.2, 0.25) is 6.29 Å². The van der Waals surface area contributed by atoms with Gasteiger partial charge in [-0.15, -0.1) is 0 Å². The molecule has 0 aliphatic carbocycles. The number of carboxylic acids is 1. The number of aromatic nitrogens is 1. The van der Waals surface area contributed by atoms with Crippen LogP contribution in [0.15, 0.2) is 24.4 Å². The molecule has 5 atom stereocenters. The lowest BCUT2D eigenvalue weighted by molar-refractivity contribution is -0.277. The summed E-state index contributed by atoms with van der Waals surface area (Å²) < 4.78 is 10.7. The summed E-state index contributed by atoms with van der Waals surface area (Å²) in [6, 6.07) is 4.54. The zero-order chi connectivity index (χ0) is 17.4. The maximum atomic E-state index is 11.1. The molecule has 0 saturated carbocycles. The van der Waals surface area contributed by atoms with Gasteiger partial charge >= 0.3 is 5.97 Å². The van der Waals surface area contributed by atoms with Gasteiger partial charge in [0.25, 0.3) is 0 Å². The summed E-state index contributed by atoms with van der Waals surface area (Å²) in [4.78, 5) is 13.9. The molecule has 9 nitrogen and oxygen atoms in total. The topological polar surface area (TPSA) is 152 Å². The van der Waals surface area contributed by atoms with Crippen LogP contribution in [0, 0.1) is 0 Å². The highest BCUT2D eigenvalue weighted by Crippen LogP contribution is 2.27. The van der Waals surface area contributed by atoms with Crippen molar-refractivity contribution in [2.45, 2.75) is 30.7 Å². The van der Waals surface area contributed by atoms with Gasteiger partial charge in [-0.1, -0.05) is 0 Å². The molecule has 0 radical (unpaired) electrons. The fourth-order valence-corrected chi connectivity index (χ4v) is 2.65. The molecule has 1 fully saturated rings. The molecule has 6 N–H and O–H groups in total. The Balaban J connectivity index is 1.82. The number of hydrogen-bond donors (Lipinski definition) is 6. The Morgan fingerprint density at radius 3 is 2.62 bits per heavy atom. The summed E-state index contributed by atoms with van der Waals surface area (Å²) in [7, 11) is 0. The van der Waals surface area contributed by atoms with E-state index in [4.69, 9.17) is 19.7 Å². The highest BCUT2D eigenvalue weighted by molar-refractivity contribution is 6.03. The number of H-pyrrole nitrogens is 1. The number of hydrogen-bond acceptors (Lipinski definition) is 7. The molecule has 0 spiro atoms. The van der Waals surface area contributed by atoms with E-state index in [0.29, 0.717) is 10.9 Å². The van der Waals surface area contributed by atoms with Crippen molar-refractivity contribution in [2.75, 3.05) is 6.61 Å². The van der Waals surface area contributed by atoms with Crippen molar-refractivity contribution in [1.29, 1.82) is 0 Å². The van der Waals surface area contributed by atoms with Crippen LogP contribution in [0.25, 0.3) is 10.9 Å².